The molecule has 0 aliphatic heterocycles. The van der Waals surface area contributed by atoms with Crippen LogP contribution in [0.3, 0.4) is 0 Å². The zero-order valence-corrected chi connectivity index (χ0v) is 11.1. The third-order valence-electron chi connectivity index (χ3n) is 3.22. The van der Waals surface area contributed by atoms with Gasteiger partial charge in [-0.25, -0.2) is 8.42 Å². The van der Waals surface area contributed by atoms with Crippen LogP contribution in [0.15, 0.2) is 46.9 Å². The number of nitrogens with zero attached hydrogens (tertiary/aromatic N) is 1. The van der Waals surface area contributed by atoms with E-state index in [1.807, 2.05) is 6.07 Å². The van der Waals surface area contributed by atoms with Gasteiger partial charge in [-0.1, -0.05) is 18.2 Å². The summed E-state index contributed by atoms with van der Waals surface area (Å²) >= 11 is 0. The number of ketones is 1. The molecule has 0 N–H and O–H groups in total. The lowest BCUT2D eigenvalue weighted by molar-refractivity contribution is -0.119. The van der Waals surface area contributed by atoms with Crippen LogP contribution in [0.5, 0.6) is 0 Å². The highest BCUT2D eigenvalue weighted by atomic mass is 32.2. The molecule has 1 aliphatic carbocycles. The first-order chi connectivity index (χ1) is 9.05. The maximum Gasteiger partial charge on any atom is 0.185 e. The Hall–Kier alpha value is -1.93. The topological polar surface area (TPSA) is 75.0 Å². The molecule has 2 rings (SSSR count). The van der Waals surface area contributed by atoms with Gasteiger partial charge in [0.25, 0.3) is 0 Å². The highest BCUT2D eigenvalue weighted by Crippen LogP contribution is 2.31. The van der Waals surface area contributed by atoms with E-state index in [0.717, 1.165) is 0 Å². The maximum atomic E-state index is 12.5. The predicted molar refractivity (Wildman–Crippen MR) is 70.0 cm³/mol. The van der Waals surface area contributed by atoms with E-state index in [2.05, 4.69) is 0 Å². The van der Waals surface area contributed by atoms with Gasteiger partial charge in [0.1, 0.15) is 5.78 Å². The van der Waals surface area contributed by atoms with E-state index in [-0.39, 0.29) is 17.1 Å². The van der Waals surface area contributed by atoms with Crippen molar-refractivity contribution in [1.82, 2.24) is 0 Å². The number of rotatable bonds is 2. The zero-order valence-electron chi connectivity index (χ0n) is 10.2. The fraction of sp³-hybridized carbons (Fsp3) is 0.286. The van der Waals surface area contributed by atoms with Crippen molar-refractivity contribution >= 4 is 15.6 Å². The van der Waals surface area contributed by atoms with Crippen LogP contribution in [0.4, 0.5) is 0 Å². The number of carbonyl (C=O) groups excluding carboxylic acids is 1. The number of benzene rings is 1. The van der Waals surface area contributed by atoms with Crippen LogP contribution in [0.25, 0.3) is 0 Å². The van der Waals surface area contributed by atoms with Gasteiger partial charge in [-0.05, 0) is 24.1 Å². The molecule has 1 fully saturated rings. The quantitative estimate of drug-likeness (QED) is 0.774. The largest absolute Gasteiger partial charge is 0.300 e. The fourth-order valence-electron chi connectivity index (χ4n) is 2.22. The van der Waals surface area contributed by atoms with Crippen molar-refractivity contribution in [3.63, 3.8) is 0 Å². The normalized spacial score (nSPS) is 22.2. The second-order valence-corrected chi connectivity index (χ2v) is 6.57. The summed E-state index contributed by atoms with van der Waals surface area (Å²) in [7, 11) is -3.61. The van der Waals surface area contributed by atoms with Crippen LogP contribution in [0, 0.1) is 11.3 Å². The van der Waals surface area contributed by atoms with E-state index in [1.165, 1.54) is 18.2 Å². The fourth-order valence-corrected chi connectivity index (χ4v) is 4.07. The summed E-state index contributed by atoms with van der Waals surface area (Å²) in [5, 5.41) is 7.84. The Kier molecular flexibility index (Phi) is 3.82. The van der Waals surface area contributed by atoms with Crippen molar-refractivity contribution in [2.45, 2.75) is 29.4 Å². The van der Waals surface area contributed by atoms with Crippen LogP contribution in [0.2, 0.25) is 0 Å². The molecule has 0 amide bonds. The molecule has 4 nitrogen and oxygen atoms in total. The molecule has 5 heteroatoms. The minimum absolute atomic E-state index is 0.0370. The average molecular weight is 275 g/mol. The van der Waals surface area contributed by atoms with Crippen molar-refractivity contribution in [2.24, 2.45) is 0 Å². The molecule has 1 saturated carbocycles. The third kappa shape index (κ3) is 2.74. The van der Waals surface area contributed by atoms with Crippen LogP contribution < -0.4 is 0 Å². The van der Waals surface area contributed by atoms with Crippen molar-refractivity contribution in [1.29, 1.82) is 5.26 Å². The van der Waals surface area contributed by atoms with Crippen LogP contribution in [-0.2, 0) is 14.6 Å². The van der Waals surface area contributed by atoms with Gasteiger partial charge in [0.05, 0.1) is 16.2 Å². The van der Waals surface area contributed by atoms with Gasteiger partial charge in [0, 0.05) is 18.9 Å². The molecular weight excluding hydrogens is 262 g/mol. The number of sulfone groups is 1. The first-order valence-corrected chi connectivity index (χ1v) is 7.49. The minimum atomic E-state index is -3.61. The Balaban J connectivity index is 2.45. The van der Waals surface area contributed by atoms with E-state index in [1.54, 1.807) is 18.2 Å². The average Bonchev–Trinajstić information content (AvgIpc) is 2.42. The Morgan fingerprint density at radius 2 is 1.89 bits per heavy atom. The van der Waals surface area contributed by atoms with Crippen LogP contribution >= 0.6 is 0 Å². The molecule has 0 heterocycles. The minimum Gasteiger partial charge on any atom is -0.300 e. The summed E-state index contributed by atoms with van der Waals surface area (Å²) in [5.41, 5.74) is 0.533. The summed E-state index contributed by atoms with van der Waals surface area (Å²) < 4.78 is 25.0. The van der Waals surface area contributed by atoms with E-state index in [4.69, 9.17) is 5.26 Å². The second-order valence-electron chi connectivity index (χ2n) is 4.44. The van der Waals surface area contributed by atoms with Crippen molar-refractivity contribution < 1.29 is 13.2 Å². The molecule has 0 aromatic heterocycles. The molecule has 1 aromatic rings. The summed E-state index contributed by atoms with van der Waals surface area (Å²) in [6.45, 7) is 0. The lowest BCUT2D eigenvalue weighted by Crippen LogP contribution is -2.30. The second kappa shape index (κ2) is 5.37. The predicted octanol–water partition coefficient (Wildman–Crippen LogP) is 2.03. The molecule has 1 aliphatic rings. The van der Waals surface area contributed by atoms with Crippen molar-refractivity contribution in [3.8, 4) is 6.07 Å². The van der Waals surface area contributed by atoms with E-state index in [9.17, 15) is 13.2 Å². The zero-order chi connectivity index (χ0) is 13.9. The third-order valence-corrected chi connectivity index (χ3v) is 5.36. The van der Waals surface area contributed by atoms with Crippen molar-refractivity contribution in [2.75, 3.05) is 0 Å². The monoisotopic (exact) mass is 275 g/mol. The van der Waals surface area contributed by atoms with Crippen molar-refractivity contribution in [3.05, 3.63) is 42.0 Å². The number of Topliss-reactive ketones (excluding diaryl/α,β-unsaturated/α-hetero) is 1. The number of nitriles is 1. The van der Waals surface area contributed by atoms with Gasteiger partial charge in [-0.2, -0.15) is 5.26 Å². The van der Waals surface area contributed by atoms with Gasteiger partial charge < -0.3 is 0 Å². The maximum absolute atomic E-state index is 12.5. The number of hydrogen-bond donors (Lipinski definition) is 0. The Morgan fingerprint density at radius 3 is 2.53 bits per heavy atom. The van der Waals surface area contributed by atoms with Gasteiger partial charge in [-0.15, -0.1) is 0 Å². The molecule has 19 heavy (non-hydrogen) atoms. The van der Waals surface area contributed by atoms with Gasteiger partial charge in [-0.3, -0.25) is 4.79 Å². The molecule has 1 atom stereocenters. The molecule has 0 spiro atoms. The highest BCUT2D eigenvalue weighted by Gasteiger charge is 2.35. The lowest BCUT2D eigenvalue weighted by atomic mass is 9.93. The number of hydrogen-bond acceptors (Lipinski definition) is 4. The summed E-state index contributed by atoms with van der Waals surface area (Å²) in [6, 6.07) is 9.91. The summed E-state index contributed by atoms with van der Waals surface area (Å²) in [5.74, 6) is -0.0698. The van der Waals surface area contributed by atoms with Crippen LogP contribution in [0.1, 0.15) is 19.3 Å². The highest BCUT2D eigenvalue weighted by molar-refractivity contribution is 7.92. The lowest BCUT2D eigenvalue weighted by Gasteiger charge is -2.24. The molecule has 1 aromatic carbocycles. The van der Waals surface area contributed by atoms with E-state index >= 15 is 0 Å². The summed E-state index contributed by atoms with van der Waals surface area (Å²) in [6.07, 6.45) is 1.89. The van der Waals surface area contributed by atoms with Gasteiger partial charge >= 0.3 is 0 Å². The van der Waals surface area contributed by atoms with Gasteiger partial charge in [0.15, 0.2) is 9.84 Å². The Labute approximate surface area is 112 Å². The summed E-state index contributed by atoms with van der Waals surface area (Å²) in [4.78, 5) is 11.7. The Morgan fingerprint density at radius 1 is 1.21 bits per heavy atom. The SMILES string of the molecule is N#CC=C1CCC(=O)CC1S(=O)(=O)c1ccccc1. The molecule has 0 bridgehead atoms. The molecule has 98 valence electrons. The molecule has 0 saturated heterocycles. The first kappa shape index (κ1) is 13.5. The Bertz CT molecular complexity index is 654. The smallest absolute Gasteiger partial charge is 0.185 e. The number of carbonyl (C=O) groups is 1. The van der Waals surface area contributed by atoms with Gasteiger partial charge in [0.2, 0.25) is 0 Å². The first-order valence-electron chi connectivity index (χ1n) is 5.95. The van der Waals surface area contributed by atoms with Crippen LogP contribution in [-0.4, -0.2) is 19.5 Å². The standard InChI is InChI=1S/C14H13NO3S/c15-9-8-11-6-7-12(16)10-14(11)19(17,18)13-4-2-1-3-5-13/h1-5,8,14H,6-7,10H2. The molecule has 1 unspecified atom stereocenters. The number of allylic oxidation sites excluding steroid dienone is 1. The molecular formula is C14H13NO3S. The van der Waals surface area contributed by atoms with E-state index in [0.29, 0.717) is 18.4 Å². The molecule has 0 radical (unpaired) electrons. The van der Waals surface area contributed by atoms with E-state index < -0.39 is 15.1 Å².